The summed E-state index contributed by atoms with van der Waals surface area (Å²) in [7, 11) is 0. The molecule has 0 atom stereocenters. The van der Waals surface area contributed by atoms with Crippen molar-refractivity contribution in [1.82, 2.24) is 4.90 Å². The second-order valence-electron chi connectivity index (χ2n) is 6.12. The summed E-state index contributed by atoms with van der Waals surface area (Å²) >= 11 is 0. The molecule has 1 N–H and O–H groups in total. The van der Waals surface area contributed by atoms with Crippen molar-refractivity contribution in [3.63, 3.8) is 0 Å². The van der Waals surface area contributed by atoms with Gasteiger partial charge in [0.1, 0.15) is 11.4 Å². The van der Waals surface area contributed by atoms with Crippen LogP contribution in [-0.2, 0) is 9.59 Å². The number of amides is 2. The molecule has 0 aromatic heterocycles. The lowest BCUT2D eigenvalue weighted by Crippen LogP contribution is -2.32. The first kappa shape index (κ1) is 19.8. The van der Waals surface area contributed by atoms with E-state index in [1.807, 2.05) is 6.92 Å². The first-order valence-electron chi connectivity index (χ1n) is 8.93. The standard InChI is InChI=1S/C21H19N3O5/c1-3-13-23-20(25)18(14-9-11-15(12-10-14)24(27)28)19(21(23)26)22-16-7-5-6-8-17(16)29-4-2/h3,5-12,22H,1,4,13H2,2H3. The molecule has 0 bridgehead atoms. The first-order chi connectivity index (χ1) is 14.0. The Morgan fingerprint density at radius 3 is 2.45 bits per heavy atom. The van der Waals surface area contributed by atoms with Crippen LogP contribution in [0.4, 0.5) is 11.4 Å². The smallest absolute Gasteiger partial charge is 0.278 e. The first-order valence-corrected chi connectivity index (χ1v) is 8.93. The number of rotatable bonds is 8. The van der Waals surface area contributed by atoms with Crippen LogP contribution in [0.25, 0.3) is 5.57 Å². The number of nitro groups is 1. The molecule has 1 aliphatic rings. The van der Waals surface area contributed by atoms with Gasteiger partial charge in [-0.05, 0) is 36.8 Å². The molecule has 8 nitrogen and oxygen atoms in total. The average Bonchev–Trinajstić information content (AvgIpc) is 2.94. The van der Waals surface area contributed by atoms with Crippen LogP contribution in [0, 0.1) is 10.1 Å². The highest BCUT2D eigenvalue weighted by molar-refractivity contribution is 6.36. The van der Waals surface area contributed by atoms with Crippen molar-refractivity contribution in [3.8, 4) is 5.75 Å². The van der Waals surface area contributed by atoms with E-state index >= 15 is 0 Å². The number of carbonyl (C=O) groups excluding carboxylic acids is 2. The molecule has 2 amide bonds. The third-order valence-electron chi connectivity index (χ3n) is 4.29. The van der Waals surface area contributed by atoms with Crippen LogP contribution in [0.15, 0.2) is 66.9 Å². The van der Waals surface area contributed by atoms with E-state index in [1.54, 1.807) is 24.3 Å². The molecule has 2 aromatic carbocycles. The van der Waals surface area contributed by atoms with E-state index < -0.39 is 16.7 Å². The van der Waals surface area contributed by atoms with Gasteiger partial charge in [0.15, 0.2) is 0 Å². The zero-order chi connectivity index (χ0) is 21.0. The number of benzene rings is 2. The van der Waals surface area contributed by atoms with E-state index in [1.165, 1.54) is 30.3 Å². The van der Waals surface area contributed by atoms with Crippen LogP contribution in [0.3, 0.4) is 0 Å². The van der Waals surface area contributed by atoms with Gasteiger partial charge in [-0.15, -0.1) is 6.58 Å². The quantitative estimate of drug-likeness (QED) is 0.319. The number of imide groups is 1. The van der Waals surface area contributed by atoms with E-state index in [9.17, 15) is 19.7 Å². The van der Waals surface area contributed by atoms with Gasteiger partial charge in [0.05, 0.1) is 22.8 Å². The highest BCUT2D eigenvalue weighted by atomic mass is 16.6. The van der Waals surface area contributed by atoms with Gasteiger partial charge in [-0.1, -0.05) is 18.2 Å². The third-order valence-corrected chi connectivity index (χ3v) is 4.29. The number of para-hydroxylation sites is 2. The van der Waals surface area contributed by atoms with Gasteiger partial charge in [0, 0.05) is 18.7 Å². The molecule has 29 heavy (non-hydrogen) atoms. The number of ether oxygens (including phenoxy) is 1. The Bertz CT molecular complexity index is 1010. The van der Waals surface area contributed by atoms with Crippen LogP contribution in [0.5, 0.6) is 5.75 Å². The van der Waals surface area contributed by atoms with E-state index in [-0.39, 0.29) is 23.5 Å². The highest BCUT2D eigenvalue weighted by Gasteiger charge is 2.38. The molecule has 3 rings (SSSR count). The molecular weight excluding hydrogens is 374 g/mol. The zero-order valence-electron chi connectivity index (χ0n) is 15.8. The number of nitrogens with one attached hydrogen (secondary N) is 1. The predicted molar refractivity (Wildman–Crippen MR) is 108 cm³/mol. The molecule has 0 unspecified atom stereocenters. The highest BCUT2D eigenvalue weighted by Crippen LogP contribution is 2.33. The SMILES string of the molecule is C=CCN1C(=O)C(Nc2ccccc2OCC)=C(c2ccc([N+](=O)[O-])cc2)C1=O. The summed E-state index contributed by atoms with van der Waals surface area (Å²) in [4.78, 5) is 37.3. The Morgan fingerprint density at radius 2 is 1.83 bits per heavy atom. The van der Waals surface area contributed by atoms with Crippen molar-refractivity contribution in [2.75, 3.05) is 18.5 Å². The van der Waals surface area contributed by atoms with Gasteiger partial charge in [-0.25, -0.2) is 0 Å². The van der Waals surface area contributed by atoms with Crippen LogP contribution in [0.1, 0.15) is 12.5 Å². The maximum Gasteiger partial charge on any atom is 0.278 e. The number of nitrogens with zero attached hydrogens (tertiary/aromatic N) is 2. The van der Waals surface area contributed by atoms with Crippen molar-refractivity contribution in [3.05, 3.63) is 82.6 Å². The molecule has 1 heterocycles. The largest absolute Gasteiger partial charge is 0.492 e. The molecule has 2 aromatic rings. The molecule has 0 radical (unpaired) electrons. The molecule has 0 saturated carbocycles. The van der Waals surface area contributed by atoms with Crippen molar-refractivity contribution >= 4 is 28.8 Å². The van der Waals surface area contributed by atoms with Crippen molar-refractivity contribution in [2.24, 2.45) is 0 Å². The fourth-order valence-electron chi connectivity index (χ4n) is 2.99. The predicted octanol–water partition coefficient (Wildman–Crippen LogP) is 3.37. The Labute approximate surface area is 167 Å². The van der Waals surface area contributed by atoms with Gasteiger partial charge in [-0.3, -0.25) is 24.6 Å². The average molecular weight is 393 g/mol. The van der Waals surface area contributed by atoms with Gasteiger partial charge in [0.25, 0.3) is 17.5 Å². The van der Waals surface area contributed by atoms with Crippen LogP contribution in [0.2, 0.25) is 0 Å². The summed E-state index contributed by atoms with van der Waals surface area (Å²) in [5, 5.41) is 13.9. The van der Waals surface area contributed by atoms with Crippen molar-refractivity contribution in [2.45, 2.75) is 6.92 Å². The van der Waals surface area contributed by atoms with Gasteiger partial charge in [0.2, 0.25) is 0 Å². The second-order valence-corrected chi connectivity index (χ2v) is 6.12. The summed E-state index contributed by atoms with van der Waals surface area (Å²) < 4.78 is 5.58. The summed E-state index contributed by atoms with van der Waals surface area (Å²) in [5.74, 6) is -0.470. The van der Waals surface area contributed by atoms with Crippen LogP contribution >= 0.6 is 0 Å². The Morgan fingerprint density at radius 1 is 1.14 bits per heavy atom. The summed E-state index contributed by atoms with van der Waals surface area (Å²) in [6.07, 6.45) is 1.46. The van der Waals surface area contributed by atoms with Gasteiger partial charge >= 0.3 is 0 Å². The Kier molecular flexibility index (Phi) is 5.73. The van der Waals surface area contributed by atoms with E-state index in [0.29, 0.717) is 23.6 Å². The van der Waals surface area contributed by atoms with Crippen molar-refractivity contribution in [1.29, 1.82) is 0 Å². The van der Waals surface area contributed by atoms with E-state index in [0.717, 1.165) is 4.90 Å². The third kappa shape index (κ3) is 3.86. The number of hydrogen-bond acceptors (Lipinski definition) is 6. The molecular formula is C21H19N3O5. The molecule has 0 saturated heterocycles. The van der Waals surface area contributed by atoms with Crippen molar-refractivity contribution < 1.29 is 19.2 Å². The number of carbonyl (C=O) groups is 2. The minimum absolute atomic E-state index is 0.0481. The van der Waals surface area contributed by atoms with E-state index in [4.69, 9.17) is 4.74 Å². The number of anilines is 1. The number of non-ortho nitro benzene ring substituents is 1. The maximum atomic E-state index is 12.9. The fraction of sp³-hybridized carbons (Fsp3) is 0.143. The van der Waals surface area contributed by atoms with Crippen LogP contribution < -0.4 is 10.1 Å². The maximum absolute atomic E-state index is 12.9. The second kappa shape index (κ2) is 8.39. The van der Waals surface area contributed by atoms with E-state index in [2.05, 4.69) is 11.9 Å². The Balaban J connectivity index is 2.09. The molecule has 0 aliphatic carbocycles. The summed E-state index contributed by atoms with van der Waals surface area (Å²) in [5.41, 5.74) is 1.04. The minimum Gasteiger partial charge on any atom is -0.492 e. The lowest BCUT2D eigenvalue weighted by Gasteiger charge is -2.14. The van der Waals surface area contributed by atoms with Gasteiger partial charge in [-0.2, -0.15) is 0 Å². The lowest BCUT2D eigenvalue weighted by molar-refractivity contribution is -0.384. The molecule has 0 spiro atoms. The molecule has 0 fully saturated rings. The summed E-state index contributed by atoms with van der Waals surface area (Å²) in [6.45, 7) is 5.91. The zero-order valence-corrected chi connectivity index (χ0v) is 15.8. The van der Waals surface area contributed by atoms with Crippen LogP contribution in [-0.4, -0.2) is 34.8 Å². The monoisotopic (exact) mass is 393 g/mol. The molecule has 1 aliphatic heterocycles. The molecule has 148 valence electrons. The Hall–Kier alpha value is -3.94. The normalized spacial score (nSPS) is 13.6. The lowest BCUT2D eigenvalue weighted by atomic mass is 10.0. The number of nitro benzene ring substituents is 1. The topological polar surface area (TPSA) is 102 Å². The number of hydrogen-bond donors (Lipinski definition) is 1. The minimum atomic E-state index is -0.526. The fourth-order valence-corrected chi connectivity index (χ4v) is 2.99. The summed E-state index contributed by atoms with van der Waals surface area (Å²) in [6, 6.07) is 12.6. The molecule has 8 heteroatoms. The van der Waals surface area contributed by atoms with Gasteiger partial charge < -0.3 is 10.1 Å².